The fourth-order valence-electron chi connectivity index (χ4n) is 1.84. The molecule has 0 fully saturated rings. The van der Waals surface area contributed by atoms with E-state index >= 15 is 0 Å². The first kappa shape index (κ1) is 12.3. The molecule has 1 aromatic heterocycles. The third-order valence-electron chi connectivity index (χ3n) is 2.81. The van der Waals surface area contributed by atoms with Crippen LogP contribution in [-0.4, -0.2) is 7.05 Å². The first-order valence-electron chi connectivity index (χ1n) is 5.67. The van der Waals surface area contributed by atoms with Gasteiger partial charge >= 0.3 is 0 Å². The van der Waals surface area contributed by atoms with Gasteiger partial charge < -0.3 is 5.32 Å². The number of hydrogen-bond acceptors (Lipinski definition) is 2. The summed E-state index contributed by atoms with van der Waals surface area (Å²) >= 11 is 1.81. The Labute approximate surface area is 105 Å². The lowest BCUT2D eigenvalue weighted by Crippen LogP contribution is -2.17. The van der Waals surface area contributed by atoms with Crippen LogP contribution >= 0.6 is 11.3 Å². The molecular weight excluding hydrogens is 233 g/mol. The van der Waals surface area contributed by atoms with E-state index in [9.17, 15) is 4.39 Å². The average Bonchev–Trinajstić information content (AvgIpc) is 2.75. The van der Waals surface area contributed by atoms with Crippen LogP contribution in [-0.2, 0) is 6.42 Å². The van der Waals surface area contributed by atoms with E-state index in [1.807, 2.05) is 19.2 Å². The van der Waals surface area contributed by atoms with E-state index in [0.717, 1.165) is 12.0 Å². The Hall–Kier alpha value is -1.19. The normalized spacial score (nSPS) is 12.6. The molecule has 0 aliphatic heterocycles. The van der Waals surface area contributed by atoms with Gasteiger partial charge in [-0.25, -0.2) is 4.39 Å². The minimum atomic E-state index is -0.179. The van der Waals surface area contributed by atoms with Crippen LogP contribution in [0.4, 0.5) is 4.39 Å². The number of hydrogen-bond donors (Lipinski definition) is 1. The minimum absolute atomic E-state index is 0.179. The summed E-state index contributed by atoms with van der Waals surface area (Å²) in [6.07, 6.45) is 0.886. The number of aryl methyl sites for hydroxylation is 1. The summed E-state index contributed by atoms with van der Waals surface area (Å²) in [5.74, 6) is -0.179. The molecule has 2 aromatic rings. The molecule has 90 valence electrons. The van der Waals surface area contributed by atoms with E-state index in [-0.39, 0.29) is 5.82 Å². The summed E-state index contributed by atoms with van der Waals surface area (Å²) in [6.45, 7) is 2.11. The van der Waals surface area contributed by atoms with Gasteiger partial charge in [-0.1, -0.05) is 12.1 Å². The molecule has 0 aliphatic rings. The SMILES string of the molecule is CNC(Cc1ccc(F)cc1)c1ccc(C)s1. The molecule has 2 rings (SSSR count). The van der Waals surface area contributed by atoms with Gasteiger partial charge in [0.1, 0.15) is 5.82 Å². The standard InChI is InChI=1S/C14H16FNS/c1-10-3-8-14(17-10)13(16-2)9-11-4-6-12(15)7-5-11/h3-8,13,16H,9H2,1-2H3. The summed E-state index contributed by atoms with van der Waals surface area (Å²) in [7, 11) is 1.96. The lowest BCUT2D eigenvalue weighted by atomic mass is 10.0. The molecule has 0 spiro atoms. The van der Waals surface area contributed by atoms with E-state index in [2.05, 4.69) is 24.4 Å². The van der Waals surface area contributed by atoms with Gasteiger partial charge in [0, 0.05) is 15.8 Å². The topological polar surface area (TPSA) is 12.0 Å². The van der Waals surface area contributed by atoms with E-state index in [0.29, 0.717) is 6.04 Å². The maximum absolute atomic E-state index is 12.8. The average molecular weight is 249 g/mol. The van der Waals surface area contributed by atoms with Crippen molar-refractivity contribution in [2.45, 2.75) is 19.4 Å². The number of likely N-dealkylation sites (N-methyl/N-ethyl adjacent to an activating group) is 1. The molecule has 1 aromatic carbocycles. The molecular formula is C14H16FNS. The number of benzene rings is 1. The largest absolute Gasteiger partial charge is 0.312 e. The zero-order valence-electron chi connectivity index (χ0n) is 10.0. The molecule has 0 bridgehead atoms. The Morgan fingerprint density at radius 2 is 1.88 bits per heavy atom. The van der Waals surface area contributed by atoms with Gasteiger partial charge in [-0.15, -0.1) is 11.3 Å². The highest BCUT2D eigenvalue weighted by Gasteiger charge is 2.11. The van der Waals surface area contributed by atoms with Crippen molar-refractivity contribution in [1.29, 1.82) is 0 Å². The zero-order valence-corrected chi connectivity index (χ0v) is 10.9. The van der Waals surface area contributed by atoms with Crippen LogP contribution in [0.5, 0.6) is 0 Å². The third kappa shape index (κ3) is 3.14. The lowest BCUT2D eigenvalue weighted by molar-refractivity contribution is 0.598. The molecule has 0 saturated heterocycles. The number of nitrogens with one attached hydrogen (secondary N) is 1. The Balaban J connectivity index is 2.12. The molecule has 0 aliphatic carbocycles. The highest BCUT2D eigenvalue weighted by Crippen LogP contribution is 2.25. The van der Waals surface area contributed by atoms with Gasteiger partial charge in [0.2, 0.25) is 0 Å². The molecule has 1 N–H and O–H groups in total. The van der Waals surface area contributed by atoms with E-state index in [4.69, 9.17) is 0 Å². The molecule has 1 nitrogen and oxygen atoms in total. The van der Waals surface area contributed by atoms with Crippen molar-refractivity contribution in [1.82, 2.24) is 5.32 Å². The Morgan fingerprint density at radius 3 is 2.41 bits per heavy atom. The molecule has 0 amide bonds. The number of halogens is 1. The molecule has 3 heteroatoms. The molecule has 0 saturated carbocycles. The number of rotatable bonds is 4. The molecule has 17 heavy (non-hydrogen) atoms. The highest BCUT2D eigenvalue weighted by molar-refractivity contribution is 7.12. The fraction of sp³-hybridized carbons (Fsp3) is 0.286. The zero-order chi connectivity index (χ0) is 12.3. The van der Waals surface area contributed by atoms with Crippen LogP contribution in [0.2, 0.25) is 0 Å². The van der Waals surface area contributed by atoms with Crippen molar-refractivity contribution in [3.8, 4) is 0 Å². The van der Waals surface area contributed by atoms with Crippen LogP contribution in [0.1, 0.15) is 21.4 Å². The van der Waals surface area contributed by atoms with Crippen molar-refractivity contribution in [2.75, 3.05) is 7.05 Å². The summed E-state index contributed by atoms with van der Waals surface area (Å²) in [5, 5.41) is 3.31. The molecule has 0 radical (unpaired) electrons. The quantitative estimate of drug-likeness (QED) is 0.871. The van der Waals surface area contributed by atoms with Crippen molar-refractivity contribution in [2.24, 2.45) is 0 Å². The Bertz CT molecular complexity index is 475. The maximum Gasteiger partial charge on any atom is 0.123 e. The van der Waals surface area contributed by atoms with Crippen LogP contribution in [0.15, 0.2) is 36.4 Å². The summed E-state index contributed by atoms with van der Waals surface area (Å²) in [5.41, 5.74) is 1.15. The van der Waals surface area contributed by atoms with Gasteiger partial charge in [-0.05, 0) is 50.2 Å². The van der Waals surface area contributed by atoms with Crippen LogP contribution in [0.3, 0.4) is 0 Å². The molecule has 1 atom stereocenters. The third-order valence-corrected chi connectivity index (χ3v) is 3.92. The van der Waals surface area contributed by atoms with Gasteiger partial charge in [-0.3, -0.25) is 0 Å². The lowest BCUT2D eigenvalue weighted by Gasteiger charge is -2.14. The van der Waals surface area contributed by atoms with Crippen LogP contribution in [0.25, 0.3) is 0 Å². The van der Waals surface area contributed by atoms with Gasteiger partial charge in [-0.2, -0.15) is 0 Å². The fourth-order valence-corrected chi connectivity index (χ4v) is 2.83. The van der Waals surface area contributed by atoms with Crippen molar-refractivity contribution in [3.05, 3.63) is 57.5 Å². The summed E-state index contributed by atoms with van der Waals surface area (Å²) in [4.78, 5) is 2.65. The first-order valence-corrected chi connectivity index (χ1v) is 6.48. The predicted octanol–water partition coefficient (Wildman–Crippen LogP) is 3.70. The van der Waals surface area contributed by atoms with Crippen LogP contribution < -0.4 is 5.32 Å². The maximum atomic E-state index is 12.8. The second kappa shape index (κ2) is 5.43. The van der Waals surface area contributed by atoms with E-state index in [1.54, 1.807) is 11.3 Å². The second-order valence-electron chi connectivity index (χ2n) is 4.12. The summed E-state index contributed by atoms with van der Waals surface area (Å²) < 4.78 is 12.8. The molecule has 1 heterocycles. The number of thiophene rings is 1. The minimum Gasteiger partial charge on any atom is -0.312 e. The monoisotopic (exact) mass is 249 g/mol. The molecule has 1 unspecified atom stereocenters. The highest BCUT2D eigenvalue weighted by atomic mass is 32.1. The van der Waals surface area contributed by atoms with E-state index in [1.165, 1.54) is 21.9 Å². The van der Waals surface area contributed by atoms with Gasteiger partial charge in [0.25, 0.3) is 0 Å². The van der Waals surface area contributed by atoms with Gasteiger partial charge in [0.15, 0.2) is 0 Å². The van der Waals surface area contributed by atoms with Crippen molar-refractivity contribution in [3.63, 3.8) is 0 Å². The van der Waals surface area contributed by atoms with E-state index < -0.39 is 0 Å². The van der Waals surface area contributed by atoms with Crippen molar-refractivity contribution < 1.29 is 4.39 Å². The van der Waals surface area contributed by atoms with Gasteiger partial charge in [0.05, 0.1) is 0 Å². The summed E-state index contributed by atoms with van der Waals surface area (Å²) in [6, 6.07) is 11.3. The first-order chi connectivity index (χ1) is 8.19. The Kier molecular flexibility index (Phi) is 3.92. The van der Waals surface area contributed by atoms with Crippen molar-refractivity contribution >= 4 is 11.3 Å². The second-order valence-corrected chi connectivity index (χ2v) is 5.44. The predicted molar refractivity (Wildman–Crippen MR) is 71.0 cm³/mol. The Morgan fingerprint density at radius 1 is 1.18 bits per heavy atom. The smallest absolute Gasteiger partial charge is 0.123 e. The van der Waals surface area contributed by atoms with Crippen LogP contribution in [0, 0.1) is 12.7 Å².